The van der Waals surface area contributed by atoms with Crippen LogP contribution in [-0.2, 0) is 14.8 Å². The van der Waals surface area contributed by atoms with Gasteiger partial charge in [-0.2, -0.15) is 4.31 Å². The molecule has 1 aliphatic rings. The summed E-state index contributed by atoms with van der Waals surface area (Å²) in [6, 6.07) is 10.7. The van der Waals surface area contributed by atoms with Crippen LogP contribution >= 0.6 is 0 Å². The van der Waals surface area contributed by atoms with Gasteiger partial charge in [0.2, 0.25) is 15.9 Å². The van der Waals surface area contributed by atoms with E-state index in [2.05, 4.69) is 5.32 Å². The smallest absolute Gasteiger partial charge is 0.251 e. The Morgan fingerprint density at radius 1 is 1.03 bits per heavy atom. The number of piperazine rings is 1. The number of carbonyl (C=O) groups excluding carboxylic acids is 2. The Balaban J connectivity index is 1.65. The van der Waals surface area contributed by atoms with E-state index in [9.17, 15) is 22.4 Å². The number of nitrogens with zero attached hydrogens (tertiary/aromatic N) is 2. The highest BCUT2D eigenvalue weighted by Crippen LogP contribution is 2.20. The summed E-state index contributed by atoms with van der Waals surface area (Å²) < 4.78 is 45.4. The summed E-state index contributed by atoms with van der Waals surface area (Å²) in [7, 11) is -2.32. The number of ether oxygens (including phenoxy) is 1. The number of nitrogens with one attached hydrogen (secondary N) is 1. The SMILES string of the molecule is COc1ccc(C(=O)N[C@@H](C(=O)N2CCN(S(=O)(=O)c3cccc(F)c3)CC2)C(C)C)cc1. The lowest BCUT2D eigenvalue weighted by atomic mass is 10.0. The molecule has 1 heterocycles. The summed E-state index contributed by atoms with van der Waals surface area (Å²) in [4.78, 5) is 27.3. The van der Waals surface area contributed by atoms with Gasteiger partial charge < -0.3 is 15.0 Å². The Hall–Kier alpha value is -2.98. The number of carbonyl (C=O) groups is 2. The van der Waals surface area contributed by atoms with E-state index in [4.69, 9.17) is 4.74 Å². The third-order valence-corrected chi connectivity index (χ3v) is 7.45. The van der Waals surface area contributed by atoms with E-state index in [0.29, 0.717) is 11.3 Å². The fourth-order valence-electron chi connectivity index (χ4n) is 3.60. The Morgan fingerprint density at radius 3 is 2.21 bits per heavy atom. The van der Waals surface area contributed by atoms with E-state index in [0.717, 1.165) is 6.07 Å². The molecule has 0 unspecified atom stereocenters. The molecule has 0 aromatic heterocycles. The first-order valence-corrected chi connectivity index (χ1v) is 12.1. The third-order valence-electron chi connectivity index (χ3n) is 5.56. The van der Waals surface area contributed by atoms with Crippen LogP contribution in [0.1, 0.15) is 24.2 Å². The van der Waals surface area contributed by atoms with Crippen molar-refractivity contribution in [1.82, 2.24) is 14.5 Å². The van der Waals surface area contributed by atoms with Crippen LogP contribution in [0.3, 0.4) is 0 Å². The van der Waals surface area contributed by atoms with Crippen LogP contribution in [0.5, 0.6) is 5.75 Å². The van der Waals surface area contributed by atoms with Gasteiger partial charge in [0.1, 0.15) is 17.6 Å². The first-order chi connectivity index (χ1) is 15.6. The fourth-order valence-corrected chi connectivity index (χ4v) is 5.06. The van der Waals surface area contributed by atoms with E-state index >= 15 is 0 Å². The molecule has 0 radical (unpaired) electrons. The molecule has 1 aliphatic heterocycles. The van der Waals surface area contributed by atoms with Crippen molar-refractivity contribution in [3.05, 3.63) is 59.9 Å². The molecule has 10 heteroatoms. The normalized spacial score (nSPS) is 15.8. The molecule has 2 aromatic carbocycles. The molecular formula is C23H28FN3O5S. The van der Waals surface area contributed by atoms with E-state index < -0.39 is 21.9 Å². The summed E-state index contributed by atoms with van der Waals surface area (Å²) in [5.74, 6) is -0.827. The Bertz CT molecular complexity index is 1100. The molecule has 8 nitrogen and oxygen atoms in total. The zero-order chi connectivity index (χ0) is 24.2. The van der Waals surface area contributed by atoms with Crippen molar-refractivity contribution < 1.29 is 27.1 Å². The van der Waals surface area contributed by atoms with Crippen LogP contribution in [0.25, 0.3) is 0 Å². The van der Waals surface area contributed by atoms with Crippen LogP contribution in [0, 0.1) is 11.7 Å². The average Bonchev–Trinajstić information content (AvgIpc) is 2.82. The number of sulfonamides is 1. The van der Waals surface area contributed by atoms with E-state index in [1.807, 2.05) is 13.8 Å². The minimum absolute atomic E-state index is 0.0851. The van der Waals surface area contributed by atoms with Crippen molar-refractivity contribution in [2.24, 2.45) is 5.92 Å². The van der Waals surface area contributed by atoms with Gasteiger partial charge in [-0.15, -0.1) is 0 Å². The molecule has 178 valence electrons. The molecule has 1 atom stereocenters. The van der Waals surface area contributed by atoms with Gasteiger partial charge >= 0.3 is 0 Å². The van der Waals surface area contributed by atoms with Crippen molar-refractivity contribution in [2.75, 3.05) is 33.3 Å². The van der Waals surface area contributed by atoms with Gasteiger partial charge in [-0.3, -0.25) is 9.59 Å². The number of benzene rings is 2. The molecule has 1 saturated heterocycles. The summed E-state index contributed by atoms with van der Waals surface area (Å²) in [6.07, 6.45) is 0. The topological polar surface area (TPSA) is 96.0 Å². The molecule has 0 saturated carbocycles. The average molecular weight is 478 g/mol. The first kappa shape index (κ1) is 24.7. The van der Waals surface area contributed by atoms with Gasteiger partial charge in [0, 0.05) is 31.7 Å². The number of halogens is 1. The van der Waals surface area contributed by atoms with Gasteiger partial charge in [-0.05, 0) is 48.4 Å². The summed E-state index contributed by atoms with van der Waals surface area (Å²) in [5, 5.41) is 2.80. The van der Waals surface area contributed by atoms with Crippen molar-refractivity contribution in [3.8, 4) is 5.75 Å². The maximum absolute atomic E-state index is 13.5. The van der Waals surface area contributed by atoms with Crippen LogP contribution in [0.15, 0.2) is 53.4 Å². The van der Waals surface area contributed by atoms with Crippen molar-refractivity contribution >= 4 is 21.8 Å². The molecule has 33 heavy (non-hydrogen) atoms. The third kappa shape index (κ3) is 5.69. The van der Waals surface area contributed by atoms with Crippen molar-refractivity contribution in [2.45, 2.75) is 24.8 Å². The largest absolute Gasteiger partial charge is 0.497 e. The maximum Gasteiger partial charge on any atom is 0.251 e. The number of amides is 2. The minimum atomic E-state index is -3.86. The van der Waals surface area contributed by atoms with E-state index in [1.165, 1.54) is 29.6 Å². The lowest BCUT2D eigenvalue weighted by Gasteiger charge is -2.36. The molecule has 1 N–H and O–H groups in total. The number of hydrogen-bond donors (Lipinski definition) is 1. The van der Waals surface area contributed by atoms with Crippen molar-refractivity contribution in [3.63, 3.8) is 0 Å². The zero-order valence-electron chi connectivity index (χ0n) is 18.8. The Kier molecular flexibility index (Phi) is 7.70. The fraction of sp³-hybridized carbons (Fsp3) is 0.391. The summed E-state index contributed by atoms with van der Waals surface area (Å²) >= 11 is 0. The van der Waals surface area contributed by atoms with E-state index in [1.54, 1.807) is 29.2 Å². The minimum Gasteiger partial charge on any atom is -0.497 e. The molecule has 0 aliphatic carbocycles. The summed E-state index contributed by atoms with van der Waals surface area (Å²) in [5.41, 5.74) is 0.403. The summed E-state index contributed by atoms with van der Waals surface area (Å²) in [6.45, 7) is 4.19. The van der Waals surface area contributed by atoms with Gasteiger partial charge in [0.05, 0.1) is 12.0 Å². The first-order valence-electron chi connectivity index (χ1n) is 10.6. The zero-order valence-corrected chi connectivity index (χ0v) is 19.6. The van der Waals surface area contributed by atoms with Gasteiger partial charge in [0.15, 0.2) is 0 Å². The Morgan fingerprint density at radius 2 is 1.67 bits per heavy atom. The van der Waals surface area contributed by atoms with Crippen molar-refractivity contribution in [1.29, 1.82) is 0 Å². The quantitative estimate of drug-likeness (QED) is 0.659. The standard InChI is InChI=1S/C23H28FN3O5S/c1-16(2)21(25-22(28)17-7-9-19(32-3)10-8-17)23(29)26-11-13-27(14-12-26)33(30,31)20-6-4-5-18(24)15-20/h4-10,15-16,21H,11-14H2,1-3H3,(H,25,28)/t21-/m1/s1. The lowest BCUT2D eigenvalue weighted by molar-refractivity contribution is -0.135. The monoisotopic (exact) mass is 477 g/mol. The second-order valence-corrected chi connectivity index (χ2v) is 10.0. The van der Waals surface area contributed by atoms with Crippen LogP contribution in [0.2, 0.25) is 0 Å². The molecule has 2 amide bonds. The predicted molar refractivity (Wildman–Crippen MR) is 121 cm³/mol. The number of methoxy groups -OCH3 is 1. The second kappa shape index (κ2) is 10.3. The lowest BCUT2D eigenvalue weighted by Crippen LogP contribution is -2.57. The predicted octanol–water partition coefficient (Wildman–Crippen LogP) is 2.12. The number of rotatable bonds is 7. The molecule has 3 rings (SSSR count). The molecule has 1 fully saturated rings. The highest BCUT2D eigenvalue weighted by Gasteiger charge is 2.34. The van der Waals surface area contributed by atoms with E-state index in [-0.39, 0.29) is 48.8 Å². The highest BCUT2D eigenvalue weighted by molar-refractivity contribution is 7.89. The van der Waals surface area contributed by atoms with Gasteiger partial charge in [-0.1, -0.05) is 19.9 Å². The maximum atomic E-state index is 13.5. The van der Waals surface area contributed by atoms with Crippen LogP contribution < -0.4 is 10.1 Å². The molecule has 0 spiro atoms. The number of hydrogen-bond acceptors (Lipinski definition) is 5. The van der Waals surface area contributed by atoms with Gasteiger partial charge in [-0.25, -0.2) is 12.8 Å². The second-order valence-electron chi connectivity index (χ2n) is 8.11. The highest BCUT2D eigenvalue weighted by atomic mass is 32.2. The van der Waals surface area contributed by atoms with Crippen LogP contribution in [-0.4, -0.2) is 68.8 Å². The molecule has 2 aromatic rings. The van der Waals surface area contributed by atoms with Crippen LogP contribution in [0.4, 0.5) is 4.39 Å². The van der Waals surface area contributed by atoms with Gasteiger partial charge in [0.25, 0.3) is 5.91 Å². The molecule has 0 bridgehead atoms. The Labute approximate surface area is 193 Å². The molecular weight excluding hydrogens is 449 g/mol.